The molecule has 0 saturated heterocycles. The predicted molar refractivity (Wildman–Crippen MR) is 89.4 cm³/mol. The van der Waals surface area contributed by atoms with Gasteiger partial charge < -0.3 is 10.1 Å². The van der Waals surface area contributed by atoms with E-state index in [1.165, 1.54) is 0 Å². The number of nitrogens with zero attached hydrogens (tertiary/aromatic N) is 3. The number of hydrogen-bond acceptors (Lipinski definition) is 4. The van der Waals surface area contributed by atoms with E-state index in [0.29, 0.717) is 12.2 Å². The van der Waals surface area contributed by atoms with Gasteiger partial charge in [-0.25, -0.2) is 4.98 Å². The monoisotopic (exact) mass is 320 g/mol. The maximum atomic E-state index is 12.2. The van der Waals surface area contributed by atoms with E-state index in [2.05, 4.69) is 15.3 Å². The van der Waals surface area contributed by atoms with Crippen LogP contribution in [0.5, 0.6) is 5.75 Å². The van der Waals surface area contributed by atoms with Crippen LogP contribution in [0.15, 0.2) is 55.1 Å². The van der Waals surface area contributed by atoms with Crippen molar-refractivity contribution in [3.8, 4) is 11.4 Å². The molecule has 24 heavy (non-hydrogen) atoms. The number of ether oxygens (including phenoxy) is 1. The van der Waals surface area contributed by atoms with E-state index < -0.39 is 0 Å². The topological polar surface area (TPSA) is 69.0 Å². The van der Waals surface area contributed by atoms with Crippen molar-refractivity contribution in [3.63, 3.8) is 0 Å². The first kappa shape index (κ1) is 14.4. The molecule has 6 nitrogen and oxygen atoms in total. The summed E-state index contributed by atoms with van der Waals surface area (Å²) in [5.41, 5.74) is 2.77. The Morgan fingerprint density at radius 2 is 2.08 bits per heavy atom. The number of carbonyl (C=O) groups is 1. The first-order valence-electron chi connectivity index (χ1n) is 7.67. The third-order valence-electron chi connectivity index (χ3n) is 4.21. The van der Waals surface area contributed by atoms with E-state index in [1.54, 1.807) is 25.8 Å². The van der Waals surface area contributed by atoms with E-state index in [1.807, 2.05) is 41.0 Å². The lowest BCUT2D eigenvalue weighted by Gasteiger charge is -2.23. The minimum Gasteiger partial charge on any atom is -0.497 e. The SMILES string of the molecule is COc1ccc(-n2cnc3c2NC(=O)C[C@@H]3c2cccnc2)cc1. The number of imidazole rings is 1. The number of hydrogen-bond donors (Lipinski definition) is 1. The Bertz CT molecular complexity index is 872. The molecule has 3 heterocycles. The lowest BCUT2D eigenvalue weighted by Crippen LogP contribution is -2.24. The van der Waals surface area contributed by atoms with Crippen molar-refractivity contribution in [1.82, 2.24) is 14.5 Å². The van der Waals surface area contributed by atoms with E-state index >= 15 is 0 Å². The lowest BCUT2D eigenvalue weighted by atomic mass is 9.91. The summed E-state index contributed by atoms with van der Waals surface area (Å²) in [6, 6.07) is 11.5. The summed E-state index contributed by atoms with van der Waals surface area (Å²) in [4.78, 5) is 20.9. The third kappa shape index (κ3) is 2.42. The van der Waals surface area contributed by atoms with Crippen LogP contribution in [0.3, 0.4) is 0 Å². The Balaban J connectivity index is 1.78. The molecule has 1 aromatic carbocycles. The van der Waals surface area contributed by atoms with Crippen LogP contribution in [-0.4, -0.2) is 27.6 Å². The van der Waals surface area contributed by atoms with Gasteiger partial charge in [-0.15, -0.1) is 0 Å². The molecule has 0 unspecified atom stereocenters. The maximum absolute atomic E-state index is 12.2. The second kappa shape index (κ2) is 5.81. The van der Waals surface area contributed by atoms with Crippen molar-refractivity contribution in [2.75, 3.05) is 12.4 Å². The number of pyridine rings is 1. The van der Waals surface area contributed by atoms with Crippen LogP contribution in [0.2, 0.25) is 0 Å². The van der Waals surface area contributed by atoms with Crippen LogP contribution in [-0.2, 0) is 4.79 Å². The molecule has 0 aliphatic carbocycles. The molecule has 0 spiro atoms. The Kier molecular flexibility index (Phi) is 3.49. The zero-order valence-electron chi connectivity index (χ0n) is 13.1. The van der Waals surface area contributed by atoms with Gasteiger partial charge in [-0.1, -0.05) is 6.07 Å². The second-order valence-electron chi connectivity index (χ2n) is 5.64. The minimum absolute atomic E-state index is 0.0217. The highest BCUT2D eigenvalue weighted by Crippen LogP contribution is 2.37. The van der Waals surface area contributed by atoms with Gasteiger partial charge in [-0.2, -0.15) is 0 Å². The van der Waals surface area contributed by atoms with Gasteiger partial charge in [0.2, 0.25) is 5.91 Å². The molecule has 4 rings (SSSR count). The van der Waals surface area contributed by atoms with Gasteiger partial charge >= 0.3 is 0 Å². The van der Waals surface area contributed by atoms with Gasteiger partial charge in [-0.3, -0.25) is 14.3 Å². The van der Waals surface area contributed by atoms with Gasteiger partial charge in [-0.05, 0) is 35.9 Å². The summed E-state index contributed by atoms with van der Waals surface area (Å²) in [5.74, 6) is 1.39. The van der Waals surface area contributed by atoms with E-state index in [0.717, 1.165) is 22.7 Å². The third-order valence-corrected chi connectivity index (χ3v) is 4.21. The molecule has 6 heteroatoms. The summed E-state index contributed by atoms with van der Waals surface area (Å²) in [6.45, 7) is 0. The fraction of sp³-hybridized carbons (Fsp3) is 0.167. The number of aromatic nitrogens is 3. The minimum atomic E-state index is -0.0815. The van der Waals surface area contributed by atoms with Gasteiger partial charge in [0.1, 0.15) is 17.9 Å². The van der Waals surface area contributed by atoms with E-state index in [9.17, 15) is 4.79 Å². The number of benzene rings is 1. The average molecular weight is 320 g/mol. The summed E-state index contributed by atoms with van der Waals surface area (Å²) in [7, 11) is 1.63. The summed E-state index contributed by atoms with van der Waals surface area (Å²) < 4.78 is 7.07. The van der Waals surface area contributed by atoms with Crippen LogP contribution < -0.4 is 10.1 Å². The lowest BCUT2D eigenvalue weighted by molar-refractivity contribution is -0.116. The van der Waals surface area contributed by atoms with Crippen LogP contribution in [0, 0.1) is 0 Å². The van der Waals surface area contributed by atoms with Crippen molar-refractivity contribution < 1.29 is 9.53 Å². The van der Waals surface area contributed by atoms with Crippen molar-refractivity contribution in [3.05, 3.63) is 66.4 Å². The van der Waals surface area contributed by atoms with Crippen molar-refractivity contribution >= 4 is 11.7 Å². The van der Waals surface area contributed by atoms with Gasteiger partial charge in [0.05, 0.1) is 12.8 Å². The number of carbonyl (C=O) groups excluding carboxylic acids is 1. The number of rotatable bonds is 3. The standard InChI is InChI=1S/C18H16N4O2/c1-24-14-6-4-13(5-7-14)22-11-20-17-15(9-16(23)21-18(17)22)12-3-2-8-19-10-12/h2-8,10-11,15H,9H2,1H3,(H,21,23)/t15-/m1/s1. The highest BCUT2D eigenvalue weighted by Gasteiger charge is 2.31. The maximum Gasteiger partial charge on any atom is 0.226 e. The van der Waals surface area contributed by atoms with Crippen LogP contribution >= 0.6 is 0 Å². The van der Waals surface area contributed by atoms with Gasteiger partial charge in [0.25, 0.3) is 0 Å². The molecule has 1 N–H and O–H groups in total. The predicted octanol–water partition coefficient (Wildman–Crippen LogP) is 2.75. The number of anilines is 1. The molecule has 0 saturated carbocycles. The van der Waals surface area contributed by atoms with Crippen LogP contribution in [0.4, 0.5) is 5.82 Å². The fourth-order valence-electron chi connectivity index (χ4n) is 3.00. The zero-order chi connectivity index (χ0) is 16.5. The smallest absolute Gasteiger partial charge is 0.226 e. The van der Waals surface area contributed by atoms with Crippen molar-refractivity contribution in [1.29, 1.82) is 0 Å². The first-order valence-corrected chi connectivity index (χ1v) is 7.67. The highest BCUT2D eigenvalue weighted by molar-refractivity contribution is 5.94. The highest BCUT2D eigenvalue weighted by atomic mass is 16.5. The number of amides is 1. The normalized spacial score (nSPS) is 16.4. The van der Waals surface area contributed by atoms with Crippen molar-refractivity contribution in [2.24, 2.45) is 0 Å². The Morgan fingerprint density at radius 1 is 1.25 bits per heavy atom. The second-order valence-corrected chi connectivity index (χ2v) is 5.64. The molecule has 0 fully saturated rings. The number of nitrogens with one attached hydrogen (secondary N) is 1. The van der Waals surface area contributed by atoms with Crippen molar-refractivity contribution in [2.45, 2.75) is 12.3 Å². The zero-order valence-corrected chi connectivity index (χ0v) is 13.1. The molecular formula is C18H16N4O2. The first-order chi connectivity index (χ1) is 11.8. The Hall–Kier alpha value is -3.15. The van der Waals surface area contributed by atoms with Gasteiger partial charge in [0.15, 0.2) is 0 Å². The molecule has 120 valence electrons. The molecule has 2 aromatic heterocycles. The number of fused-ring (bicyclic) bond motifs is 1. The molecule has 1 atom stereocenters. The quantitative estimate of drug-likeness (QED) is 0.805. The summed E-state index contributed by atoms with van der Waals surface area (Å²) in [6.07, 6.45) is 5.63. The Morgan fingerprint density at radius 3 is 2.79 bits per heavy atom. The summed E-state index contributed by atoms with van der Waals surface area (Å²) >= 11 is 0. The fourth-order valence-corrected chi connectivity index (χ4v) is 3.00. The molecule has 1 aliphatic heterocycles. The molecule has 1 amide bonds. The van der Waals surface area contributed by atoms with E-state index in [4.69, 9.17) is 4.74 Å². The summed E-state index contributed by atoms with van der Waals surface area (Å²) in [5, 5.41) is 2.95. The molecule has 3 aromatic rings. The Labute approximate surface area is 139 Å². The van der Waals surface area contributed by atoms with Gasteiger partial charge in [0, 0.05) is 30.4 Å². The largest absolute Gasteiger partial charge is 0.497 e. The van der Waals surface area contributed by atoms with E-state index in [-0.39, 0.29) is 11.8 Å². The average Bonchev–Trinajstić information content (AvgIpc) is 3.05. The van der Waals surface area contributed by atoms with Crippen LogP contribution in [0.25, 0.3) is 5.69 Å². The number of methoxy groups -OCH3 is 1. The molecular weight excluding hydrogens is 304 g/mol. The van der Waals surface area contributed by atoms with Crippen LogP contribution in [0.1, 0.15) is 23.6 Å². The molecule has 0 radical (unpaired) electrons. The molecule has 1 aliphatic rings. The molecule has 0 bridgehead atoms.